The van der Waals surface area contributed by atoms with Crippen LogP contribution in [0.5, 0.6) is 0 Å². The molecule has 0 radical (unpaired) electrons. The zero-order valence-corrected chi connectivity index (χ0v) is 6.95. The van der Waals surface area contributed by atoms with Gasteiger partial charge in [-0.1, -0.05) is 13.3 Å². The summed E-state index contributed by atoms with van der Waals surface area (Å²) in [5.74, 6) is 0. The number of ether oxygens (including phenoxy) is 2. The largest absolute Gasteiger partial charge is 0.388 e. The lowest BCUT2D eigenvalue weighted by molar-refractivity contribution is 0.0212. The van der Waals surface area contributed by atoms with E-state index in [9.17, 15) is 5.11 Å². The highest BCUT2D eigenvalue weighted by Gasteiger charge is 2.31. The normalized spacial score (nSPS) is 25.1. The minimum Gasteiger partial charge on any atom is -0.388 e. The van der Waals surface area contributed by atoms with Crippen molar-refractivity contribution in [1.82, 2.24) is 0 Å². The molecule has 0 spiro atoms. The van der Waals surface area contributed by atoms with Crippen molar-refractivity contribution in [2.75, 3.05) is 19.8 Å². The molecule has 1 aliphatic rings. The van der Waals surface area contributed by atoms with Crippen LogP contribution in [0.25, 0.3) is 0 Å². The van der Waals surface area contributed by atoms with Gasteiger partial charge in [0.15, 0.2) is 0 Å². The lowest BCUT2D eigenvalue weighted by Crippen LogP contribution is -2.21. The highest BCUT2D eigenvalue weighted by Crippen LogP contribution is 2.13. The average Bonchev–Trinajstić information content (AvgIpc) is 2.79. The van der Waals surface area contributed by atoms with Crippen LogP contribution in [0, 0.1) is 0 Å². The molecule has 3 nitrogen and oxygen atoms in total. The van der Waals surface area contributed by atoms with Crippen molar-refractivity contribution in [1.29, 1.82) is 0 Å². The summed E-state index contributed by atoms with van der Waals surface area (Å²) in [5, 5.41) is 9.24. The molecule has 2 atom stereocenters. The van der Waals surface area contributed by atoms with Crippen molar-refractivity contribution < 1.29 is 14.6 Å². The van der Waals surface area contributed by atoms with Gasteiger partial charge >= 0.3 is 0 Å². The molecule has 0 aromatic carbocycles. The fraction of sp³-hybridized carbons (Fsp3) is 1.00. The summed E-state index contributed by atoms with van der Waals surface area (Å²) in [6, 6.07) is 0. The molecular weight excluding hydrogens is 144 g/mol. The van der Waals surface area contributed by atoms with Crippen LogP contribution in [0.2, 0.25) is 0 Å². The fourth-order valence-corrected chi connectivity index (χ4v) is 0.836. The predicted octanol–water partition coefficient (Wildman–Crippen LogP) is 0.563. The molecule has 0 bridgehead atoms. The second kappa shape index (κ2) is 4.70. The zero-order chi connectivity index (χ0) is 8.10. The lowest BCUT2D eigenvalue weighted by atomic mass is 10.3. The summed E-state index contributed by atoms with van der Waals surface area (Å²) in [6.07, 6.45) is 1.84. The first-order valence-electron chi connectivity index (χ1n) is 4.22. The highest BCUT2D eigenvalue weighted by atomic mass is 16.6. The maximum Gasteiger partial charge on any atom is 0.109 e. The standard InChI is InChI=1S/C8H16O3/c1-2-3-4-10-5-7(9)8-6-11-8/h7-9H,2-6H2,1H3/t7-,8?/m0/s1. The average molecular weight is 160 g/mol. The third kappa shape index (κ3) is 3.70. The van der Waals surface area contributed by atoms with Crippen LogP contribution in [0.15, 0.2) is 0 Å². The van der Waals surface area contributed by atoms with E-state index < -0.39 is 6.10 Å². The molecule has 1 N–H and O–H groups in total. The summed E-state index contributed by atoms with van der Waals surface area (Å²) < 4.78 is 10.1. The molecule has 1 unspecified atom stereocenters. The van der Waals surface area contributed by atoms with E-state index in [4.69, 9.17) is 9.47 Å². The number of aliphatic hydroxyl groups is 1. The van der Waals surface area contributed by atoms with Gasteiger partial charge in [-0.25, -0.2) is 0 Å². The summed E-state index contributed by atoms with van der Waals surface area (Å²) in [6.45, 7) is 3.98. The highest BCUT2D eigenvalue weighted by molar-refractivity contribution is 4.77. The first-order valence-corrected chi connectivity index (χ1v) is 4.22. The van der Waals surface area contributed by atoms with Crippen LogP contribution in [0.1, 0.15) is 19.8 Å². The van der Waals surface area contributed by atoms with E-state index in [1.807, 2.05) is 0 Å². The number of rotatable bonds is 6. The molecule has 1 aliphatic heterocycles. The molecule has 1 saturated heterocycles. The first kappa shape index (κ1) is 8.97. The molecule has 11 heavy (non-hydrogen) atoms. The van der Waals surface area contributed by atoms with Gasteiger partial charge in [0, 0.05) is 6.61 Å². The molecule has 0 aromatic heterocycles. The van der Waals surface area contributed by atoms with Gasteiger partial charge in [0.1, 0.15) is 12.2 Å². The Morgan fingerprint density at radius 1 is 1.73 bits per heavy atom. The van der Waals surface area contributed by atoms with Gasteiger partial charge in [-0.05, 0) is 6.42 Å². The first-order chi connectivity index (χ1) is 5.34. The summed E-state index contributed by atoms with van der Waals surface area (Å²) in [7, 11) is 0. The molecule has 0 aliphatic carbocycles. The second-order valence-electron chi connectivity index (χ2n) is 2.87. The van der Waals surface area contributed by atoms with E-state index in [1.54, 1.807) is 0 Å². The van der Waals surface area contributed by atoms with Crippen molar-refractivity contribution in [3.8, 4) is 0 Å². The Morgan fingerprint density at radius 2 is 2.45 bits per heavy atom. The number of epoxide rings is 1. The molecule has 0 aromatic rings. The Morgan fingerprint density at radius 3 is 3.00 bits per heavy atom. The maximum absolute atomic E-state index is 9.24. The molecule has 1 rings (SSSR count). The smallest absolute Gasteiger partial charge is 0.109 e. The fourth-order valence-electron chi connectivity index (χ4n) is 0.836. The second-order valence-corrected chi connectivity index (χ2v) is 2.87. The summed E-state index contributed by atoms with van der Waals surface area (Å²) in [5.41, 5.74) is 0. The van der Waals surface area contributed by atoms with Crippen LogP contribution in [0.4, 0.5) is 0 Å². The van der Waals surface area contributed by atoms with Crippen molar-refractivity contribution in [2.24, 2.45) is 0 Å². The maximum atomic E-state index is 9.24. The Bertz CT molecular complexity index is 102. The van der Waals surface area contributed by atoms with Crippen LogP contribution in [-0.2, 0) is 9.47 Å². The Balaban J connectivity index is 1.85. The van der Waals surface area contributed by atoms with Gasteiger partial charge in [0.25, 0.3) is 0 Å². The van der Waals surface area contributed by atoms with E-state index >= 15 is 0 Å². The Labute approximate surface area is 67.3 Å². The van der Waals surface area contributed by atoms with Crippen LogP contribution in [-0.4, -0.2) is 37.1 Å². The SMILES string of the molecule is CCCCOC[C@H](O)C1CO1. The van der Waals surface area contributed by atoms with Crippen LogP contribution >= 0.6 is 0 Å². The molecule has 0 saturated carbocycles. The van der Waals surface area contributed by atoms with Gasteiger partial charge in [-0.15, -0.1) is 0 Å². The van der Waals surface area contributed by atoms with E-state index in [1.165, 1.54) is 0 Å². The third-order valence-electron chi connectivity index (χ3n) is 1.72. The van der Waals surface area contributed by atoms with Crippen molar-refractivity contribution in [2.45, 2.75) is 32.0 Å². The van der Waals surface area contributed by atoms with Gasteiger partial charge in [-0.2, -0.15) is 0 Å². The van der Waals surface area contributed by atoms with E-state index in [2.05, 4.69) is 6.92 Å². The molecular formula is C8H16O3. The molecule has 1 fully saturated rings. The van der Waals surface area contributed by atoms with Gasteiger partial charge in [-0.3, -0.25) is 0 Å². The number of hydrogen-bond donors (Lipinski definition) is 1. The number of hydrogen-bond acceptors (Lipinski definition) is 3. The number of aliphatic hydroxyl groups excluding tert-OH is 1. The molecule has 0 amide bonds. The van der Waals surface area contributed by atoms with E-state index in [-0.39, 0.29) is 6.10 Å². The molecule has 66 valence electrons. The minimum absolute atomic E-state index is 0.0524. The predicted molar refractivity (Wildman–Crippen MR) is 41.5 cm³/mol. The van der Waals surface area contributed by atoms with Gasteiger partial charge in [0.05, 0.1) is 13.2 Å². The van der Waals surface area contributed by atoms with Crippen LogP contribution < -0.4 is 0 Å². The Hall–Kier alpha value is -0.120. The molecule has 1 heterocycles. The quantitative estimate of drug-likeness (QED) is 0.456. The topological polar surface area (TPSA) is 42.0 Å². The monoisotopic (exact) mass is 160 g/mol. The van der Waals surface area contributed by atoms with Crippen molar-refractivity contribution >= 4 is 0 Å². The van der Waals surface area contributed by atoms with Gasteiger partial charge in [0.2, 0.25) is 0 Å². The zero-order valence-electron chi connectivity index (χ0n) is 6.95. The molecule has 3 heteroatoms. The van der Waals surface area contributed by atoms with E-state index in [0.29, 0.717) is 13.2 Å². The summed E-state index contributed by atoms with van der Waals surface area (Å²) in [4.78, 5) is 0. The van der Waals surface area contributed by atoms with Gasteiger partial charge < -0.3 is 14.6 Å². The van der Waals surface area contributed by atoms with Crippen LogP contribution in [0.3, 0.4) is 0 Å². The Kier molecular flexibility index (Phi) is 3.83. The summed E-state index contributed by atoms with van der Waals surface area (Å²) >= 11 is 0. The minimum atomic E-state index is -0.410. The van der Waals surface area contributed by atoms with Crippen molar-refractivity contribution in [3.63, 3.8) is 0 Å². The van der Waals surface area contributed by atoms with E-state index in [0.717, 1.165) is 19.4 Å². The number of unbranched alkanes of at least 4 members (excludes halogenated alkanes) is 1. The third-order valence-corrected chi connectivity index (χ3v) is 1.72. The lowest BCUT2D eigenvalue weighted by Gasteiger charge is -2.07. The van der Waals surface area contributed by atoms with Crippen molar-refractivity contribution in [3.05, 3.63) is 0 Å².